The summed E-state index contributed by atoms with van der Waals surface area (Å²) in [5.74, 6) is 0.626. The molecule has 0 aliphatic carbocycles. The van der Waals surface area contributed by atoms with Gasteiger partial charge in [-0.15, -0.1) is 0 Å². The van der Waals surface area contributed by atoms with Crippen LogP contribution in [0.3, 0.4) is 0 Å². The first-order chi connectivity index (χ1) is 13.0. The van der Waals surface area contributed by atoms with Gasteiger partial charge in [-0.25, -0.2) is 0 Å². The number of ketones is 1. The van der Waals surface area contributed by atoms with Crippen LogP contribution in [0.4, 0.5) is 5.69 Å². The SMILES string of the molecule is CC(C)c1ccc(C(CC(=O)c2ccccc2)Nc2ccc(Br)cc2)cc1. The van der Waals surface area contributed by atoms with Crippen molar-refractivity contribution >= 4 is 27.4 Å². The van der Waals surface area contributed by atoms with Crippen LogP contribution in [0, 0.1) is 0 Å². The largest absolute Gasteiger partial charge is 0.378 e. The molecule has 3 aromatic carbocycles. The van der Waals surface area contributed by atoms with E-state index in [0.717, 1.165) is 21.3 Å². The Bertz CT molecular complexity index is 871. The van der Waals surface area contributed by atoms with Crippen molar-refractivity contribution in [2.24, 2.45) is 0 Å². The summed E-state index contributed by atoms with van der Waals surface area (Å²) in [7, 11) is 0. The standard InChI is InChI=1S/C24H24BrNO/c1-17(2)18-8-10-19(11-9-18)23(26-22-14-12-21(25)13-15-22)16-24(27)20-6-4-3-5-7-20/h3-15,17,23,26H,16H2,1-2H3. The molecular weight excluding hydrogens is 398 g/mol. The second-order valence-electron chi connectivity index (χ2n) is 7.02. The van der Waals surface area contributed by atoms with Crippen molar-refractivity contribution in [3.8, 4) is 0 Å². The number of carbonyl (C=O) groups is 1. The van der Waals surface area contributed by atoms with Gasteiger partial charge >= 0.3 is 0 Å². The number of Topliss-reactive ketones (excluding diaryl/α,β-unsaturated/α-hetero) is 1. The molecule has 0 aliphatic rings. The van der Waals surface area contributed by atoms with E-state index in [4.69, 9.17) is 0 Å². The highest BCUT2D eigenvalue weighted by molar-refractivity contribution is 9.10. The highest BCUT2D eigenvalue weighted by atomic mass is 79.9. The summed E-state index contributed by atoms with van der Waals surface area (Å²) in [6, 6.07) is 26.0. The summed E-state index contributed by atoms with van der Waals surface area (Å²) in [6.07, 6.45) is 0.404. The molecule has 2 nitrogen and oxygen atoms in total. The van der Waals surface area contributed by atoms with Gasteiger partial charge in [-0.1, -0.05) is 84.4 Å². The molecule has 0 spiro atoms. The first-order valence-corrected chi connectivity index (χ1v) is 10.0. The van der Waals surface area contributed by atoms with E-state index in [1.165, 1.54) is 5.56 Å². The maximum atomic E-state index is 12.8. The first kappa shape index (κ1) is 19.4. The average molecular weight is 422 g/mol. The minimum absolute atomic E-state index is 0.0832. The van der Waals surface area contributed by atoms with Crippen LogP contribution in [0.15, 0.2) is 83.3 Å². The average Bonchev–Trinajstić information content (AvgIpc) is 2.70. The number of hydrogen-bond acceptors (Lipinski definition) is 2. The molecule has 1 N–H and O–H groups in total. The molecule has 0 amide bonds. The molecule has 0 bridgehead atoms. The molecule has 1 atom stereocenters. The van der Waals surface area contributed by atoms with Gasteiger partial charge < -0.3 is 5.32 Å². The molecule has 0 aromatic heterocycles. The lowest BCUT2D eigenvalue weighted by Crippen LogP contribution is -2.16. The van der Waals surface area contributed by atoms with Crippen LogP contribution in [0.5, 0.6) is 0 Å². The van der Waals surface area contributed by atoms with Crippen molar-refractivity contribution < 1.29 is 4.79 Å². The lowest BCUT2D eigenvalue weighted by Gasteiger charge is -2.21. The van der Waals surface area contributed by atoms with Crippen LogP contribution in [-0.2, 0) is 0 Å². The van der Waals surface area contributed by atoms with Crippen molar-refractivity contribution in [2.75, 3.05) is 5.32 Å². The zero-order valence-corrected chi connectivity index (χ0v) is 17.2. The van der Waals surface area contributed by atoms with Crippen LogP contribution in [0.2, 0.25) is 0 Å². The molecule has 0 saturated heterocycles. The number of hydrogen-bond donors (Lipinski definition) is 1. The number of rotatable bonds is 7. The Labute approximate surface area is 169 Å². The second kappa shape index (κ2) is 9.01. The Morgan fingerprint density at radius 1 is 0.852 bits per heavy atom. The highest BCUT2D eigenvalue weighted by Crippen LogP contribution is 2.27. The number of carbonyl (C=O) groups excluding carboxylic acids is 1. The van der Waals surface area contributed by atoms with E-state index in [-0.39, 0.29) is 11.8 Å². The van der Waals surface area contributed by atoms with Crippen LogP contribution in [0.1, 0.15) is 53.7 Å². The maximum Gasteiger partial charge on any atom is 0.165 e. The van der Waals surface area contributed by atoms with E-state index in [2.05, 4.69) is 59.4 Å². The Balaban J connectivity index is 1.85. The predicted molar refractivity (Wildman–Crippen MR) is 116 cm³/mol. The fourth-order valence-corrected chi connectivity index (χ4v) is 3.30. The molecule has 27 heavy (non-hydrogen) atoms. The Hall–Kier alpha value is -2.39. The van der Waals surface area contributed by atoms with Crippen molar-refractivity contribution in [2.45, 2.75) is 32.2 Å². The Morgan fingerprint density at radius 2 is 1.44 bits per heavy atom. The van der Waals surface area contributed by atoms with E-state index in [1.807, 2.05) is 54.6 Å². The molecule has 0 heterocycles. The number of anilines is 1. The summed E-state index contributed by atoms with van der Waals surface area (Å²) in [4.78, 5) is 12.8. The fraction of sp³-hybridized carbons (Fsp3) is 0.208. The van der Waals surface area contributed by atoms with Crippen LogP contribution in [0.25, 0.3) is 0 Å². The van der Waals surface area contributed by atoms with E-state index < -0.39 is 0 Å². The van der Waals surface area contributed by atoms with Gasteiger partial charge in [0, 0.05) is 22.1 Å². The molecule has 0 saturated carbocycles. The number of benzene rings is 3. The van der Waals surface area contributed by atoms with Gasteiger partial charge in [-0.3, -0.25) is 4.79 Å². The molecule has 138 valence electrons. The van der Waals surface area contributed by atoms with Crippen LogP contribution >= 0.6 is 15.9 Å². The quantitative estimate of drug-likeness (QED) is 0.416. The molecule has 3 heteroatoms. The third-order valence-electron chi connectivity index (χ3n) is 4.68. The molecule has 1 unspecified atom stereocenters. The maximum absolute atomic E-state index is 12.8. The van der Waals surface area contributed by atoms with Gasteiger partial charge in [0.05, 0.1) is 6.04 Å². The third kappa shape index (κ3) is 5.30. The van der Waals surface area contributed by atoms with Gasteiger partial charge in [0.15, 0.2) is 5.78 Å². The lowest BCUT2D eigenvalue weighted by atomic mass is 9.95. The normalized spacial score (nSPS) is 12.0. The summed E-state index contributed by atoms with van der Waals surface area (Å²) in [5, 5.41) is 3.53. The summed E-state index contributed by atoms with van der Waals surface area (Å²) < 4.78 is 1.03. The van der Waals surface area contributed by atoms with Gasteiger partial charge in [0.1, 0.15) is 0 Å². The minimum Gasteiger partial charge on any atom is -0.378 e. The monoisotopic (exact) mass is 421 g/mol. The smallest absolute Gasteiger partial charge is 0.165 e. The van der Waals surface area contributed by atoms with E-state index in [1.54, 1.807) is 0 Å². The van der Waals surface area contributed by atoms with Crippen molar-refractivity contribution in [1.82, 2.24) is 0 Å². The first-order valence-electron chi connectivity index (χ1n) is 9.23. The van der Waals surface area contributed by atoms with E-state index in [9.17, 15) is 4.79 Å². The van der Waals surface area contributed by atoms with Crippen molar-refractivity contribution in [1.29, 1.82) is 0 Å². The Morgan fingerprint density at radius 3 is 2.04 bits per heavy atom. The minimum atomic E-state index is -0.0832. The van der Waals surface area contributed by atoms with Gasteiger partial charge in [-0.05, 0) is 41.3 Å². The van der Waals surface area contributed by atoms with E-state index in [0.29, 0.717) is 12.3 Å². The molecular formula is C24H24BrNO. The van der Waals surface area contributed by atoms with Crippen LogP contribution in [-0.4, -0.2) is 5.78 Å². The molecule has 0 aliphatic heterocycles. The van der Waals surface area contributed by atoms with Gasteiger partial charge in [0.25, 0.3) is 0 Å². The second-order valence-corrected chi connectivity index (χ2v) is 7.93. The highest BCUT2D eigenvalue weighted by Gasteiger charge is 2.17. The fourth-order valence-electron chi connectivity index (χ4n) is 3.04. The Kier molecular flexibility index (Phi) is 6.46. The number of halogens is 1. The van der Waals surface area contributed by atoms with Gasteiger partial charge in [0.2, 0.25) is 0 Å². The summed E-state index contributed by atoms with van der Waals surface area (Å²) in [5.41, 5.74) is 4.16. The molecule has 0 radical (unpaired) electrons. The van der Waals surface area contributed by atoms with Crippen molar-refractivity contribution in [3.05, 3.63) is 100 Å². The van der Waals surface area contributed by atoms with Gasteiger partial charge in [-0.2, -0.15) is 0 Å². The predicted octanol–water partition coefficient (Wildman–Crippen LogP) is 7.00. The molecule has 3 aromatic rings. The third-order valence-corrected chi connectivity index (χ3v) is 5.20. The zero-order chi connectivity index (χ0) is 19.2. The summed E-state index contributed by atoms with van der Waals surface area (Å²) >= 11 is 3.47. The molecule has 0 fully saturated rings. The topological polar surface area (TPSA) is 29.1 Å². The zero-order valence-electron chi connectivity index (χ0n) is 15.7. The summed E-state index contributed by atoms with van der Waals surface area (Å²) in [6.45, 7) is 4.37. The lowest BCUT2D eigenvalue weighted by molar-refractivity contribution is 0.0976. The molecule has 3 rings (SSSR count). The van der Waals surface area contributed by atoms with Crippen LogP contribution < -0.4 is 5.32 Å². The number of nitrogens with one attached hydrogen (secondary N) is 1. The van der Waals surface area contributed by atoms with Crippen molar-refractivity contribution in [3.63, 3.8) is 0 Å². The van der Waals surface area contributed by atoms with E-state index >= 15 is 0 Å².